The van der Waals surface area contributed by atoms with E-state index < -0.39 is 18.0 Å². The molecule has 2 aromatic carbocycles. The molecule has 10 nitrogen and oxygen atoms in total. The zero-order chi connectivity index (χ0) is 31.7. The minimum atomic E-state index is -1.15. The van der Waals surface area contributed by atoms with Gasteiger partial charge in [0.05, 0.1) is 24.6 Å². The number of nitrogens with zero attached hydrogens (tertiary/aromatic N) is 3. The topological polar surface area (TPSA) is 130 Å². The largest absolute Gasteiger partial charge is 0.488 e. The van der Waals surface area contributed by atoms with Crippen molar-refractivity contribution >= 4 is 49.3 Å². The number of carbonyl (C=O) groups excluding carboxylic acids is 2. The first-order valence-corrected chi connectivity index (χ1v) is 16.9. The van der Waals surface area contributed by atoms with Crippen LogP contribution in [-0.4, -0.2) is 113 Å². The second-order valence-electron chi connectivity index (χ2n) is 13.7. The zero-order valence-corrected chi connectivity index (χ0v) is 26.7. The number of β-lactam (4-membered cyclic amide) rings is 1. The summed E-state index contributed by atoms with van der Waals surface area (Å²) in [5.74, 6) is -1.81. The lowest BCUT2D eigenvalue weighted by Crippen LogP contribution is -2.76. The zero-order valence-electron chi connectivity index (χ0n) is 25.9. The molecule has 1 aromatic heterocycles. The van der Waals surface area contributed by atoms with Gasteiger partial charge in [0.2, 0.25) is 5.91 Å². The fraction of sp³-hybridized carbons (Fsp3) is 0.500. The van der Waals surface area contributed by atoms with Crippen LogP contribution in [-0.2, 0) is 20.8 Å². The lowest BCUT2D eigenvalue weighted by molar-refractivity contribution is -1.08. The van der Waals surface area contributed by atoms with E-state index in [-0.39, 0.29) is 36.1 Å². The number of thiophene rings is 1. The lowest BCUT2D eigenvalue weighted by Gasteiger charge is -2.55. The van der Waals surface area contributed by atoms with Gasteiger partial charge >= 0.3 is 5.97 Å². The number of aliphatic hydroxyl groups excluding tert-OH is 1. The monoisotopic (exact) mass is 634 g/mol. The Morgan fingerprint density at radius 1 is 1.09 bits per heavy atom. The van der Waals surface area contributed by atoms with Crippen molar-refractivity contribution < 1.29 is 38.3 Å². The van der Waals surface area contributed by atoms with Crippen LogP contribution in [0.2, 0.25) is 0 Å². The van der Waals surface area contributed by atoms with E-state index in [4.69, 9.17) is 10.5 Å². The van der Waals surface area contributed by atoms with Crippen LogP contribution in [0.1, 0.15) is 25.8 Å². The maximum absolute atomic E-state index is 12.7. The van der Waals surface area contributed by atoms with E-state index in [1.165, 1.54) is 15.2 Å². The molecule has 0 aliphatic carbocycles. The van der Waals surface area contributed by atoms with Gasteiger partial charge in [-0.1, -0.05) is 31.2 Å². The molecule has 0 radical (unpaired) electrons. The van der Waals surface area contributed by atoms with Crippen LogP contribution < -0.4 is 10.5 Å². The molecule has 2 bridgehead atoms. The van der Waals surface area contributed by atoms with Gasteiger partial charge in [0.1, 0.15) is 57.3 Å². The number of fused-ring (bicyclic) bond motifs is 7. The summed E-state index contributed by atoms with van der Waals surface area (Å²) in [6.07, 6.45) is 1.25. The fourth-order valence-corrected chi connectivity index (χ4v) is 9.89. The third-order valence-electron chi connectivity index (χ3n) is 11.2. The molecular formula is C34H42N4O6S+2. The summed E-state index contributed by atoms with van der Waals surface area (Å²) in [6, 6.07) is 12.1. The maximum atomic E-state index is 12.7. The number of benzene rings is 2. The van der Waals surface area contributed by atoms with Gasteiger partial charge in [0.25, 0.3) is 5.91 Å². The maximum Gasteiger partial charge on any atom is 0.352 e. The molecule has 0 spiro atoms. The highest BCUT2D eigenvalue weighted by molar-refractivity contribution is 7.26. The van der Waals surface area contributed by atoms with Gasteiger partial charge in [-0.05, 0) is 31.0 Å². The third-order valence-corrected chi connectivity index (χ3v) is 12.4. The summed E-state index contributed by atoms with van der Waals surface area (Å²) < 4.78 is 10.8. The number of carboxylic acids is 1. The summed E-state index contributed by atoms with van der Waals surface area (Å²) >= 11 is 1.77. The fourth-order valence-electron chi connectivity index (χ4n) is 8.63. The Bertz CT molecular complexity index is 1720. The van der Waals surface area contributed by atoms with Gasteiger partial charge in [0.15, 0.2) is 6.54 Å². The molecule has 4 atom stereocenters. The van der Waals surface area contributed by atoms with Crippen molar-refractivity contribution in [3.05, 3.63) is 53.2 Å². The molecule has 3 aromatic rings. The van der Waals surface area contributed by atoms with E-state index >= 15 is 0 Å². The van der Waals surface area contributed by atoms with Crippen molar-refractivity contribution in [3.63, 3.8) is 0 Å². The number of carbonyl (C=O) groups is 3. The van der Waals surface area contributed by atoms with Crippen LogP contribution in [0.25, 0.3) is 20.2 Å². The normalized spacial score (nSPS) is 29.7. The van der Waals surface area contributed by atoms with Crippen LogP contribution in [0, 0.1) is 11.8 Å². The Labute approximate surface area is 266 Å². The molecule has 238 valence electrons. The van der Waals surface area contributed by atoms with Crippen molar-refractivity contribution in [2.24, 2.45) is 17.6 Å². The Balaban J connectivity index is 1.08. The van der Waals surface area contributed by atoms with Gasteiger partial charge in [-0.25, -0.2) is 4.79 Å². The molecule has 4 fully saturated rings. The predicted molar refractivity (Wildman–Crippen MR) is 171 cm³/mol. The van der Waals surface area contributed by atoms with E-state index in [1.807, 2.05) is 19.1 Å². The molecule has 4 N–H and O–H groups in total. The van der Waals surface area contributed by atoms with E-state index in [0.717, 1.165) is 83.1 Å². The number of aryl methyl sites for hydroxylation is 1. The number of nitrogens with two attached hydrogens (primary N) is 1. The number of amides is 2. The predicted octanol–water partition coefficient (Wildman–Crippen LogP) is 2.71. The average Bonchev–Trinajstić information content (AvgIpc) is 3.50. The van der Waals surface area contributed by atoms with Gasteiger partial charge in [-0.3, -0.25) is 9.59 Å². The molecule has 6 heterocycles. The Morgan fingerprint density at radius 3 is 2.44 bits per heavy atom. The van der Waals surface area contributed by atoms with Crippen molar-refractivity contribution in [1.82, 2.24) is 4.90 Å². The van der Waals surface area contributed by atoms with Crippen molar-refractivity contribution in [1.29, 1.82) is 0 Å². The number of quaternary nitrogens is 2. The summed E-state index contributed by atoms with van der Waals surface area (Å²) in [5, 5.41) is 22.4. The SMILES string of the molecule is CC(O)C1C(=O)N2C(C(=O)O)=C(COc3cccc4sc5c(CCC[N+]67CC[N+](CC(N)=O)(CC6)CC7)cccc5c34)[C@H](C)C12. The minimum absolute atomic E-state index is 0.00894. The number of carboxylic acid groups (broad SMARTS) is 1. The molecule has 4 saturated heterocycles. The highest BCUT2D eigenvalue weighted by atomic mass is 32.1. The van der Waals surface area contributed by atoms with Gasteiger partial charge in [-0.15, -0.1) is 11.3 Å². The lowest BCUT2D eigenvalue weighted by atomic mass is 9.78. The second-order valence-corrected chi connectivity index (χ2v) is 14.8. The quantitative estimate of drug-likeness (QED) is 0.220. The van der Waals surface area contributed by atoms with E-state index in [0.29, 0.717) is 17.9 Å². The van der Waals surface area contributed by atoms with Crippen LogP contribution >= 0.6 is 11.3 Å². The Kier molecular flexibility index (Phi) is 7.43. The number of hydrogen-bond acceptors (Lipinski definition) is 6. The second kappa shape index (κ2) is 11.1. The van der Waals surface area contributed by atoms with Crippen LogP contribution in [0.3, 0.4) is 0 Å². The van der Waals surface area contributed by atoms with Crippen LogP contribution in [0.5, 0.6) is 5.75 Å². The van der Waals surface area contributed by atoms with E-state index in [9.17, 15) is 24.6 Å². The molecule has 2 amide bonds. The van der Waals surface area contributed by atoms with Crippen molar-refractivity contribution in [2.45, 2.75) is 38.8 Å². The molecule has 3 unspecified atom stereocenters. The molecular weight excluding hydrogens is 592 g/mol. The summed E-state index contributed by atoms with van der Waals surface area (Å²) in [5.41, 5.74) is 7.45. The molecule has 11 heteroatoms. The van der Waals surface area contributed by atoms with Crippen molar-refractivity contribution in [3.8, 4) is 5.75 Å². The number of ether oxygens (including phenoxy) is 1. The number of rotatable bonds is 11. The summed E-state index contributed by atoms with van der Waals surface area (Å²) in [7, 11) is 0. The third kappa shape index (κ3) is 4.91. The van der Waals surface area contributed by atoms with E-state index in [1.54, 1.807) is 18.3 Å². The smallest absolute Gasteiger partial charge is 0.352 e. The first kappa shape index (κ1) is 30.2. The molecule has 8 rings (SSSR count). The average molecular weight is 635 g/mol. The first-order chi connectivity index (χ1) is 21.5. The first-order valence-electron chi connectivity index (χ1n) is 16.0. The molecule has 5 aliphatic rings. The number of aliphatic hydroxyl groups is 1. The number of primary amides is 1. The minimum Gasteiger partial charge on any atom is -0.488 e. The number of piperazine rings is 3. The van der Waals surface area contributed by atoms with Crippen LogP contribution in [0.15, 0.2) is 47.7 Å². The van der Waals surface area contributed by atoms with Crippen molar-refractivity contribution in [2.75, 3.05) is 59.0 Å². The van der Waals surface area contributed by atoms with Gasteiger partial charge < -0.3 is 34.5 Å². The molecule has 45 heavy (non-hydrogen) atoms. The summed E-state index contributed by atoms with van der Waals surface area (Å²) in [4.78, 5) is 38.0. The Morgan fingerprint density at radius 2 is 1.78 bits per heavy atom. The highest BCUT2D eigenvalue weighted by Crippen LogP contribution is 2.48. The van der Waals surface area contributed by atoms with Gasteiger partial charge in [-0.2, -0.15) is 0 Å². The number of aliphatic carboxylic acids is 1. The van der Waals surface area contributed by atoms with Crippen LogP contribution in [0.4, 0.5) is 0 Å². The molecule has 0 saturated carbocycles. The standard InChI is InChI=1S/C34H40N4O6S/c1-20-24(31(34(42)43)36-30(20)28(21(2)39)33(36)41)19-44-25-9-4-10-26-29(25)23-8-3-6-22(32(23)45-26)7-5-11-37-12-15-38(16-13-37,17-14-37)18-27(35)40/h3-4,6,8-10,20-21,28,30,39H,5,7,11-19H2,1-2H3,(H-2,35,40,42,43)/p+2/t20-,21?,28?,30?,37?,38?/m0/s1. The Hall–Kier alpha value is -3.51. The highest BCUT2D eigenvalue weighted by Gasteiger charge is 2.60. The summed E-state index contributed by atoms with van der Waals surface area (Å²) in [6.45, 7) is 11.6. The van der Waals surface area contributed by atoms with Gasteiger partial charge in [0, 0.05) is 38.1 Å². The van der Waals surface area contributed by atoms with E-state index in [2.05, 4.69) is 24.3 Å². The number of hydrogen-bond donors (Lipinski definition) is 3. The molecule has 5 aliphatic heterocycles.